The number of imidazole rings is 1. The monoisotopic (exact) mass is 211 g/mol. The van der Waals surface area contributed by atoms with Gasteiger partial charge in [-0.2, -0.15) is 0 Å². The lowest BCUT2D eigenvalue weighted by Gasteiger charge is -1.96. The summed E-state index contributed by atoms with van der Waals surface area (Å²) in [6.45, 7) is 0. The predicted molar refractivity (Wildman–Crippen MR) is 61.1 cm³/mol. The van der Waals surface area contributed by atoms with Crippen molar-refractivity contribution in [1.82, 2.24) is 4.98 Å². The van der Waals surface area contributed by atoms with Crippen molar-refractivity contribution < 1.29 is 9.51 Å². The van der Waals surface area contributed by atoms with Crippen LogP contribution in [0.2, 0.25) is 0 Å². The third kappa shape index (κ3) is 1.34. The van der Waals surface area contributed by atoms with Crippen LogP contribution in [0.25, 0.3) is 16.9 Å². The number of hydrogen-bond donors (Lipinski definition) is 2. The minimum Gasteiger partial charge on any atom is -0.507 e. The zero-order valence-electron chi connectivity index (χ0n) is 8.59. The van der Waals surface area contributed by atoms with Gasteiger partial charge in [-0.25, -0.2) is 9.38 Å². The van der Waals surface area contributed by atoms with Crippen molar-refractivity contribution in [3.05, 3.63) is 54.9 Å². The molecule has 0 fully saturated rings. The zero-order chi connectivity index (χ0) is 11.0. The summed E-state index contributed by atoms with van der Waals surface area (Å²) < 4.78 is 1.99. The minimum absolute atomic E-state index is 0.287. The molecule has 3 rings (SSSR count). The molecular formula is C13H11N2O+. The molecule has 2 N–H and O–H groups in total. The Morgan fingerprint density at radius 2 is 1.81 bits per heavy atom. The third-order valence-electron chi connectivity index (χ3n) is 2.62. The molecule has 0 saturated heterocycles. The van der Waals surface area contributed by atoms with Crippen LogP contribution in [0.5, 0.6) is 5.75 Å². The van der Waals surface area contributed by atoms with Crippen LogP contribution in [0.4, 0.5) is 0 Å². The van der Waals surface area contributed by atoms with Gasteiger partial charge < -0.3 is 5.11 Å². The summed E-state index contributed by atoms with van der Waals surface area (Å²) in [4.78, 5) is 3.26. The maximum absolute atomic E-state index is 9.76. The van der Waals surface area contributed by atoms with Gasteiger partial charge in [0.1, 0.15) is 11.9 Å². The van der Waals surface area contributed by atoms with E-state index in [1.54, 1.807) is 6.07 Å². The van der Waals surface area contributed by atoms with E-state index in [2.05, 4.69) is 4.98 Å². The molecule has 0 spiro atoms. The van der Waals surface area contributed by atoms with Crippen LogP contribution in [-0.2, 0) is 0 Å². The SMILES string of the molecule is Oc1ccccc1-c1c[n+]2ccccc2[nH]1. The van der Waals surface area contributed by atoms with Crippen molar-refractivity contribution >= 4 is 5.65 Å². The molecule has 3 nitrogen and oxygen atoms in total. The number of fused-ring (bicyclic) bond motifs is 1. The fraction of sp³-hybridized carbons (Fsp3) is 0. The maximum atomic E-state index is 9.76. The summed E-state index contributed by atoms with van der Waals surface area (Å²) in [5.74, 6) is 0.287. The van der Waals surface area contributed by atoms with Crippen molar-refractivity contribution in [3.63, 3.8) is 0 Å². The molecule has 3 heteroatoms. The molecule has 0 aliphatic heterocycles. The Kier molecular flexibility index (Phi) is 1.90. The van der Waals surface area contributed by atoms with Crippen LogP contribution >= 0.6 is 0 Å². The Labute approximate surface area is 92.6 Å². The van der Waals surface area contributed by atoms with Gasteiger partial charge in [0.2, 0.25) is 0 Å². The van der Waals surface area contributed by atoms with E-state index in [1.807, 2.05) is 53.2 Å². The number of phenolic OH excluding ortho intramolecular Hbond substituents is 1. The van der Waals surface area contributed by atoms with Crippen LogP contribution in [0, 0.1) is 0 Å². The van der Waals surface area contributed by atoms with Gasteiger partial charge in [0.15, 0.2) is 5.69 Å². The number of H-pyrrole nitrogens is 1. The summed E-state index contributed by atoms with van der Waals surface area (Å²) in [6, 6.07) is 13.2. The Balaban J connectivity index is 2.23. The van der Waals surface area contributed by atoms with E-state index in [9.17, 15) is 5.11 Å². The highest BCUT2D eigenvalue weighted by molar-refractivity contribution is 5.66. The van der Waals surface area contributed by atoms with Gasteiger partial charge in [-0.3, -0.25) is 0 Å². The van der Waals surface area contributed by atoms with Gasteiger partial charge in [0, 0.05) is 6.07 Å². The molecule has 0 unspecified atom stereocenters. The number of pyridine rings is 1. The van der Waals surface area contributed by atoms with Gasteiger partial charge in [-0.1, -0.05) is 18.2 Å². The third-order valence-corrected chi connectivity index (χ3v) is 2.62. The minimum atomic E-state index is 0.287. The molecule has 2 aromatic heterocycles. The van der Waals surface area contributed by atoms with E-state index in [0.717, 1.165) is 16.9 Å². The van der Waals surface area contributed by atoms with E-state index in [4.69, 9.17) is 0 Å². The number of nitrogens with zero attached hydrogens (tertiary/aromatic N) is 1. The van der Waals surface area contributed by atoms with E-state index in [0.29, 0.717) is 0 Å². The standard InChI is InChI=1S/C13H10N2O/c16-12-6-2-1-5-10(12)11-9-15-8-4-3-7-13(15)14-11/h1-9,16H/p+1. The molecule has 0 saturated carbocycles. The second-order valence-corrected chi connectivity index (χ2v) is 3.68. The molecule has 0 bridgehead atoms. The van der Waals surface area contributed by atoms with E-state index in [1.165, 1.54) is 0 Å². The number of aromatic nitrogens is 2. The summed E-state index contributed by atoms with van der Waals surface area (Å²) in [7, 11) is 0. The van der Waals surface area contributed by atoms with Crippen LogP contribution in [0.15, 0.2) is 54.9 Å². The lowest BCUT2D eigenvalue weighted by atomic mass is 10.1. The maximum Gasteiger partial charge on any atom is 0.284 e. The first kappa shape index (κ1) is 8.97. The van der Waals surface area contributed by atoms with Crippen molar-refractivity contribution in [2.75, 3.05) is 0 Å². The molecule has 0 radical (unpaired) electrons. The number of hydrogen-bond acceptors (Lipinski definition) is 1. The summed E-state index contributed by atoms with van der Waals surface area (Å²) >= 11 is 0. The van der Waals surface area contributed by atoms with Crippen LogP contribution in [0.3, 0.4) is 0 Å². The van der Waals surface area contributed by atoms with Gasteiger partial charge in [0.25, 0.3) is 5.65 Å². The number of nitrogens with one attached hydrogen (secondary N) is 1. The first-order chi connectivity index (χ1) is 7.84. The zero-order valence-corrected chi connectivity index (χ0v) is 8.59. The van der Waals surface area contributed by atoms with Crippen molar-refractivity contribution in [1.29, 1.82) is 0 Å². The number of rotatable bonds is 1. The molecule has 78 valence electrons. The Morgan fingerprint density at radius 3 is 2.62 bits per heavy atom. The molecule has 1 aromatic carbocycles. The smallest absolute Gasteiger partial charge is 0.284 e. The second kappa shape index (κ2) is 3.38. The molecule has 0 aliphatic rings. The fourth-order valence-corrected chi connectivity index (χ4v) is 1.82. The first-order valence-corrected chi connectivity index (χ1v) is 5.12. The fourth-order valence-electron chi connectivity index (χ4n) is 1.82. The van der Waals surface area contributed by atoms with E-state index in [-0.39, 0.29) is 5.75 Å². The number of aromatic amines is 1. The summed E-state index contributed by atoms with van der Waals surface area (Å²) in [5, 5.41) is 9.76. The van der Waals surface area contributed by atoms with Crippen LogP contribution in [0.1, 0.15) is 0 Å². The lowest BCUT2D eigenvalue weighted by Crippen LogP contribution is -2.15. The molecule has 0 amide bonds. The Hall–Kier alpha value is -2.29. The van der Waals surface area contributed by atoms with Crippen molar-refractivity contribution in [2.45, 2.75) is 0 Å². The van der Waals surface area contributed by atoms with Crippen LogP contribution < -0.4 is 4.40 Å². The highest BCUT2D eigenvalue weighted by atomic mass is 16.3. The molecule has 0 aliphatic carbocycles. The number of para-hydroxylation sites is 1. The van der Waals surface area contributed by atoms with E-state index < -0.39 is 0 Å². The first-order valence-electron chi connectivity index (χ1n) is 5.12. The normalized spacial score (nSPS) is 10.8. The molecule has 3 aromatic rings. The molecule has 0 atom stereocenters. The number of phenols is 1. The summed E-state index contributed by atoms with van der Waals surface area (Å²) in [6.07, 6.45) is 3.93. The largest absolute Gasteiger partial charge is 0.507 e. The lowest BCUT2D eigenvalue weighted by molar-refractivity contribution is -0.509. The average Bonchev–Trinajstić information content (AvgIpc) is 2.73. The van der Waals surface area contributed by atoms with Gasteiger partial charge >= 0.3 is 0 Å². The predicted octanol–water partition coefficient (Wildman–Crippen LogP) is 2.13. The van der Waals surface area contributed by atoms with Crippen molar-refractivity contribution in [2.24, 2.45) is 0 Å². The average molecular weight is 211 g/mol. The highest BCUT2D eigenvalue weighted by Gasteiger charge is 2.12. The Morgan fingerprint density at radius 1 is 1.00 bits per heavy atom. The van der Waals surface area contributed by atoms with Crippen LogP contribution in [-0.4, -0.2) is 10.1 Å². The van der Waals surface area contributed by atoms with Gasteiger partial charge in [-0.15, -0.1) is 0 Å². The second-order valence-electron chi connectivity index (χ2n) is 3.68. The molecule has 16 heavy (non-hydrogen) atoms. The molecule has 2 heterocycles. The van der Waals surface area contributed by atoms with Gasteiger partial charge in [-0.05, 0) is 18.2 Å². The quantitative estimate of drug-likeness (QED) is 0.595. The summed E-state index contributed by atoms with van der Waals surface area (Å²) in [5.41, 5.74) is 2.72. The number of aromatic hydroxyl groups is 1. The highest BCUT2D eigenvalue weighted by Crippen LogP contribution is 2.26. The molecular weight excluding hydrogens is 200 g/mol. The van der Waals surface area contributed by atoms with Gasteiger partial charge in [0.05, 0.1) is 11.8 Å². The number of benzene rings is 1. The van der Waals surface area contributed by atoms with E-state index >= 15 is 0 Å². The topological polar surface area (TPSA) is 40.1 Å². The van der Waals surface area contributed by atoms with Crippen molar-refractivity contribution in [3.8, 4) is 17.0 Å². The Bertz CT molecular complexity index is 610.